The minimum Gasteiger partial charge on any atom is -0.462 e. The Labute approximate surface area is 349 Å². The van der Waals surface area contributed by atoms with Crippen molar-refractivity contribution in [2.45, 2.75) is 167 Å². The Balaban J connectivity index is 4.55. The van der Waals surface area contributed by atoms with E-state index in [1.54, 1.807) is 36.5 Å². The highest BCUT2D eigenvalue weighted by Crippen LogP contribution is 2.43. The molecule has 0 aliphatic carbocycles. The third kappa shape index (κ3) is 37.6. The number of allylic oxidation sites excluding steroid dienone is 8. The Morgan fingerprint density at radius 3 is 1.79 bits per heavy atom. The Hall–Kier alpha value is -2.67. The quantitative estimate of drug-likeness (QED) is 0.0131. The summed E-state index contributed by atoms with van der Waals surface area (Å²) < 4.78 is 32.6. The Morgan fingerprint density at radius 1 is 0.655 bits per heavy atom. The second kappa shape index (κ2) is 38.5. The van der Waals surface area contributed by atoms with Gasteiger partial charge in [0.25, 0.3) is 0 Å². The summed E-state index contributed by atoms with van der Waals surface area (Å²) in [7, 11) is -4.66. The topological polar surface area (TPSA) is 189 Å². The monoisotopic (exact) mass is 841 g/mol. The van der Waals surface area contributed by atoms with Gasteiger partial charge in [-0.05, 0) is 44.4 Å². The molecule has 0 amide bonds. The zero-order chi connectivity index (χ0) is 43.1. The number of esters is 2. The van der Waals surface area contributed by atoms with Gasteiger partial charge >= 0.3 is 19.8 Å². The highest BCUT2D eigenvalue weighted by atomic mass is 31.2. The van der Waals surface area contributed by atoms with Gasteiger partial charge in [0.1, 0.15) is 12.7 Å². The minimum absolute atomic E-state index is 0.0572. The van der Waals surface area contributed by atoms with Gasteiger partial charge in [0.2, 0.25) is 0 Å². The average molecular weight is 841 g/mol. The molecule has 0 aromatic carbocycles. The van der Waals surface area contributed by atoms with E-state index in [0.717, 1.165) is 31.6 Å². The number of carbonyl (C=O) groups is 2. The van der Waals surface area contributed by atoms with Crippen molar-refractivity contribution in [2.24, 2.45) is 5.92 Å². The van der Waals surface area contributed by atoms with E-state index in [-0.39, 0.29) is 12.8 Å². The van der Waals surface area contributed by atoms with Crippen LogP contribution in [0.4, 0.5) is 0 Å². The molecule has 0 aromatic heterocycles. The van der Waals surface area contributed by atoms with Crippen LogP contribution in [-0.4, -0.2) is 88.1 Å². The summed E-state index contributed by atoms with van der Waals surface area (Å²) in [6.07, 6.45) is 35.2. The number of hydrogen-bond acceptors (Lipinski definition) is 11. The first-order chi connectivity index (χ1) is 27.9. The van der Waals surface area contributed by atoms with E-state index in [4.69, 9.17) is 19.1 Å². The molecule has 334 valence electrons. The molecule has 0 fully saturated rings. The van der Waals surface area contributed by atoms with Crippen LogP contribution >= 0.6 is 7.82 Å². The van der Waals surface area contributed by atoms with Crippen molar-refractivity contribution in [2.75, 3.05) is 26.4 Å². The molecule has 0 heterocycles. The average Bonchev–Trinajstić information content (AvgIpc) is 3.20. The number of rotatable bonds is 38. The molecule has 5 N–H and O–H groups in total. The van der Waals surface area contributed by atoms with E-state index in [9.17, 15) is 34.4 Å². The molecule has 0 spiro atoms. The number of ether oxygens (including phenoxy) is 2. The van der Waals surface area contributed by atoms with Gasteiger partial charge < -0.3 is 34.8 Å². The summed E-state index contributed by atoms with van der Waals surface area (Å²) in [5, 5.41) is 38.3. The maximum absolute atomic E-state index is 12.6. The van der Waals surface area contributed by atoms with Crippen LogP contribution in [0.25, 0.3) is 0 Å². The number of carbonyl (C=O) groups excluding carboxylic acids is 2. The lowest BCUT2D eigenvalue weighted by molar-refractivity contribution is -0.161. The molecule has 0 radical (unpaired) electrons. The molecule has 6 atom stereocenters. The molecule has 0 saturated heterocycles. The smallest absolute Gasteiger partial charge is 0.462 e. The first-order valence-electron chi connectivity index (χ1n) is 21.5. The molecule has 12 nitrogen and oxygen atoms in total. The molecule has 0 aliphatic heterocycles. The lowest BCUT2D eigenvalue weighted by atomic mass is 9.99. The molecule has 0 bridgehead atoms. The molecule has 0 saturated carbocycles. The predicted molar refractivity (Wildman–Crippen MR) is 231 cm³/mol. The van der Waals surface area contributed by atoms with Crippen LogP contribution in [0.2, 0.25) is 0 Å². The second-order valence-electron chi connectivity index (χ2n) is 14.6. The second-order valence-corrected chi connectivity index (χ2v) is 16.1. The maximum Gasteiger partial charge on any atom is 0.472 e. The van der Waals surface area contributed by atoms with Gasteiger partial charge in [-0.2, -0.15) is 0 Å². The SMILES string of the molecule is CC/C=C\C[C@@H](O)/C=C/C=C\C=C\[C@@H](O)C/C=C\C/C=C\CCC(=O)OC[C@H](COP(=O)(O)OC[C@@H](O)CO)OC(=O)CCCCCCCCCCCCC(C)CC. The minimum atomic E-state index is -4.66. The Morgan fingerprint density at radius 2 is 1.21 bits per heavy atom. The van der Waals surface area contributed by atoms with E-state index in [1.807, 2.05) is 43.4 Å². The Kier molecular flexibility index (Phi) is 36.8. The largest absolute Gasteiger partial charge is 0.472 e. The summed E-state index contributed by atoms with van der Waals surface area (Å²) in [6.45, 7) is 4.30. The van der Waals surface area contributed by atoms with Crippen LogP contribution in [0.1, 0.15) is 143 Å². The number of aliphatic hydroxyl groups is 4. The van der Waals surface area contributed by atoms with Crippen LogP contribution < -0.4 is 0 Å². The van der Waals surface area contributed by atoms with Gasteiger partial charge in [-0.15, -0.1) is 0 Å². The van der Waals surface area contributed by atoms with Crippen molar-refractivity contribution in [3.05, 3.63) is 72.9 Å². The number of unbranched alkanes of at least 4 members (excludes halogenated alkanes) is 9. The van der Waals surface area contributed by atoms with Crippen molar-refractivity contribution in [3.63, 3.8) is 0 Å². The highest BCUT2D eigenvalue weighted by Gasteiger charge is 2.27. The number of phosphoric ester groups is 1. The van der Waals surface area contributed by atoms with Crippen LogP contribution in [0.5, 0.6) is 0 Å². The van der Waals surface area contributed by atoms with Crippen LogP contribution in [0.3, 0.4) is 0 Å². The normalized spacial score (nSPS) is 16.2. The highest BCUT2D eigenvalue weighted by molar-refractivity contribution is 7.47. The van der Waals surface area contributed by atoms with Crippen LogP contribution in [0, 0.1) is 5.92 Å². The fourth-order valence-corrected chi connectivity index (χ4v) is 6.13. The zero-order valence-corrected chi connectivity index (χ0v) is 36.5. The summed E-state index contributed by atoms with van der Waals surface area (Å²) >= 11 is 0. The van der Waals surface area contributed by atoms with Crippen LogP contribution in [-0.2, 0) is 32.7 Å². The van der Waals surface area contributed by atoms with E-state index in [0.29, 0.717) is 32.1 Å². The standard InChI is InChI=1S/C45H77O12P/c1-4-6-21-29-40(47)31-24-19-20-25-32-41(48)30-23-16-13-14-17-26-33-44(50)54-37-43(38-56-58(52,53)55-36-42(49)35-46)57-45(51)34-27-18-12-10-8-7-9-11-15-22-28-39(3)5-2/h6,14,16-17,19-21,23-25,31-32,39-43,46-49H,4-5,7-13,15,18,22,26-30,33-38H2,1-3H3,(H,52,53)/b17-14-,20-19-,21-6-,23-16-,31-24+,32-25+/t39?,40-,41+,42+,43-/m1/s1. The van der Waals surface area contributed by atoms with Gasteiger partial charge in [-0.3, -0.25) is 18.6 Å². The summed E-state index contributed by atoms with van der Waals surface area (Å²) in [4.78, 5) is 34.9. The molecular formula is C45H77O12P. The van der Waals surface area contributed by atoms with E-state index < -0.39 is 70.6 Å². The van der Waals surface area contributed by atoms with Gasteiger partial charge in [0.05, 0.1) is 32.0 Å². The van der Waals surface area contributed by atoms with E-state index >= 15 is 0 Å². The lowest BCUT2D eigenvalue weighted by Gasteiger charge is -2.20. The lowest BCUT2D eigenvalue weighted by Crippen LogP contribution is -2.29. The van der Waals surface area contributed by atoms with Gasteiger partial charge in [0.15, 0.2) is 6.10 Å². The van der Waals surface area contributed by atoms with Crippen molar-refractivity contribution in [3.8, 4) is 0 Å². The fourth-order valence-electron chi connectivity index (χ4n) is 5.35. The molecule has 0 aliphatic rings. The number of hydrogen-bond donors (Lipinski definition) is 5. The molecule has 0 aromatic rings. The molecule has 2 unspecified atom stereocenters. The summed E-state index contributed by atoms with van der Waals surface area (Å²) in [5.41, 5.74) is 0. The van der Waals surface area contributed by atoms with Gasteiger partial charge in [0, 0.05) is 12.8 Å². The molecular weight excluding hydrogens is 763 g/mol. The first kappa shape index (κ1) is 55.3. The molecule has 13 heteroatoms. The fraction of sp³-hybridized carbons (Fsp3) is 0.689. The zero-order valence-electron chi connectivity index (χ0n) is 35.6. The van der Waals surface area contributed by atoms with Crippen LogP contribution in [0.15, 0.2) is 72.9 Å². The van der Waals surface area contributed by atoms with Crippen molar-refractivity contribution < 1.29 is 58.0 Å². The van der Waals surface area contributed by atoms with Crippen molar-refractivity contribution in [1.29, 1.82) is 0 Å². The van der Waals surface area contributed by atoms with Crippen molar-refractivity contribution in [1.82, 2.24) is 0 Å². The van der Waals surface area contributed by atoms with Gasteiger partial charge in [-0.1, -0.05) is 164 Å². The number of aliphatic hydroxyl groups excluding tert-OH is 4. The predicted octanol–water partition coefficient (Wildman–Crippen LogP) is 9.08. The van der Waals surface area contributed by atoms with E-state index in [2.05, 4.69) is 18.4 Å². The maximum atomic E-state index is 12.6. The van der Waals surface area contributed by atoms with Gasteiger partial charge in [-0.25, -0.2) is 4.57 Å². The Bertz CT molecular complexity index is 1240. The molecule has 0 rings (SSSR count). The van der Waals surface area contributed by atoms with Crippen molar-refractivity contribution >= 4 is 19.8 Å². The third-order valence-corrected chi connectivity index (χ3v) is 10.0. The number of phosphoric acid groups is 1. The molecule has 58 heavy (non-hydrogen) atoms. The third-order valence-electron chi connectivity index (χ3n) is 9.10. The van der Waals surface area contributed by atoms with E-state index in [1.165, 1.54) is 51.4 Å². The summed E-state index contributed by atoms with van der Waals surface area (Å²) in [6, 6.07) is 0. The first-order valence-corrected chi connectivity index (χ1v) is 23.0. The summed E-state index contributed by atoms with van der Waals surface area (Å²) in [5.74, 6) is -0.275.